The summed E-state index contributed by atoms with van der Waals surface area (Å²) < 4.78 is 5.32. The SMILES string of the molecule is CCOCCN(CC)CC(O)CNC1CC1. The Labute approximate surface area is 99.0 Å². The molecule has 1 fully saturated rings. The van der Waals surface area contributed by atoms with Crippen LogP contribution in [0.1, 0.15) is 26.7 Å². The fourth-order valence-electron chi connectivity index (χ4n) is 1.67. The van der Waals surface area contributed by atoms with Crippen LogP contribution >= 0.6 is 0 Å². The van der Waals surface area contributed by atoms with Gasteiger partial charge in [0.2, 0.25) is 0 Å². The van der Waals surface area contributed by atoms with Crippen molar-refractivity contribution in [3.8, 4) is 0 Å². The van der Waals surface area contributed by atoms with Gasteiger partial charge in [-0.1, -0.05) is 6.92 Å². The first kappa shape index (κ1) is 13.9. The molecule has 0 aromatic rings. The summed E-state index contributed by atoms with van der Waals surface area (Å²) in [5.74, 6) is 0. The number of nitrogens with zero attached hydrogens (tertiary/aromatic N) is 1. The van der Waals surface area contributed by atoms with Crippen LogP contribution in [0.2, 0.25) is 0 Å². The zero-order valence-electron chi connectivity index (χ0n) is 10.6. The van der Waals surface area contributed by atoms with E-state index in [1.807, 2.05) is 6.92 Å². The van der Waals surface area contributed by atoms with Gasteiger partial charge in [0, 0.05) is 32.3 Å². The Hall–Kier alpha value is -0.160. The highest BCUT2D eigenvalue weighted by atomic mass is 16.5. The lowest BCUT2D eigenvalue weighted by Gasteiger charge is -2.23. The normalized spacial score (nSPS) is 18.0. The molecule has 0 heterocycles. The molecule has 0 aliphatic heterocycles. The number of aliphatic hydroxyl groups is 1. The highest BCUT2D eigenvalue weighted by Crippen LogP contribution is 2.18. The fourth-order valence-corrected chi connectivity index (χ4v) is 1.67. The van der Waals surface area contributed by atoms with Crippen LogP contribution < -0.4 is 5.32 Å². The maximum Gasteiger partial charge on any atom is 0.0791 e. The van der Waals surface area contributed by atoms with Crippen LogP contribution in [0.15, 0.2) is 0 Å². The van der Waals surface area contributed by atoms with Crippen molar-refractivity contribution in [1.82, 2.24) is 10.2 Å². The third-order valence-electron chi connectivity index (χ3n) is 2.89. The Morgan fingerprint density at radius 3 is 2.75 bits per heavy atom. The molecule has 0 saturated heterocycles. The largest absolute Gasteiger partial charge is 0.390 e. The zero-order chi connectivity index (χ0) is 11.8. The molecule has 16 heavy (non-hydrogen) atoms. The average molecular weight is 230 g/mol. The number of hydrogen-bond acceptors (Lipinski definition) is 4. The molecular formula is C12H26N2O2. The number of hydrogen-bond donors (Lipinski definition) is 2. The van der Waals surface area contributed by atoms with Crippen molar-refractivity contribution in [1.29, 1.82) is 0 Å². The monoisotopic (exact) mass is 230 g/mol. The molecule has 4 heteroatoms. The van der Waals surface area contributed by atoms with E-state index < -0.39 is 0 Å². The summed E-state index contributed by atoms with van der Waals surface area (Å²) in [6.45, 7) is 8.98. The first-order valence-electron chi connectivity index (χ1n) is 6.47. The predicted molar refractivity (Wildman–Crippen MR) is 65.6 cm³/mol. The Bertz CT molecular complexity index is 174. The highest BCUT2D eigenvalue weighted by Gasteiger charge is 2.21. The predicted octanol–water partition coefficient (Wildman–Crippen LogP) is 0.458. The first-order valence-corrected chi connectivity index (χ1v) is 6.47. The minimum atomic E-state index is -0.262. The number of nitrogens with one attached hydrogen (secondary N) is 1. The molecule has 2 N–H and O–H groups in total. The molecule has 0 bridgehead atoms. The summed E-state index contributed by atoms with van der Waals surface area (Å²) in [6.07, 6.45) is 2.28. The van der Waals surface area contributed by atoms with Gasteiger partial charge < -0.3 is 15.2 Å². The van der Waals surface area contributed by atoms with Gasteiger partial charge in [-0.15, -0.1) is 0 Å². The van der Waals surface area contributed by atoms with Gasteiger partial charge in [0.05, 0.1) is 12.7 Å². The van der Waals surface area contributed by atoms with Crippen LogP contribution in [-0.4, -0.2) is 61.5 Å². The molecule has 1 aliphatic rings. The third-order valence-corrected chi connectivity index (χ3v) is 2.89. The summed E-state index contributed by atoms with van der Waals surface area (Å²) in [5, 5.41) is 13.2. The van der Waals surface area contributed by atoms with Gasteiger partial charge >= 0.3 is 0 Å². The topological polar surface area (TPSA) is 44.7 Å². The molecule has 0 aromatic heterocycles. The maximum atomic E-state index is 9.84. The second kappa shape index (κ2) is 8.01. The van der Waals surface area contributed by atoms with E-state index in [1.54, 1.807) is 0 Å². The Morgan fingerprint density at radius 2 is 2.19 bits per heavy atom. The molecule has 1 saturated carbocycles. The summed E-state index contributed by atoms with van der Waals surface area (Å²) in [4.78, 5) is 2.23. The molecule has 1 rings (SSSR count). The van der Waals surface area contributed by atoms with Gasteiger partial charge in [0.25, 0.3) is 0 Å². The second-order valence-corrected chi connectivity index (χ2v) is 4.43. The van der Waals surface area contributed by atoms with E-state index in [0.717, 1.165) is 39.4 Å². The molecule has 1 unspecified atom stereocenters. The Morgan fingerprint density at radius 1 is 1.44 bits per heavy atom. The molecule has 4 nitrogen and oxygen atoms in total. The van der Waals surface area contributed by atoms with Crippen molar-refractivity contribution in [2.75, 3.05) is 39.4 Å². The van der Waals surface area contributed by atoms with Crippen LogP contribution in [0.4, 0.5) is 0 Å². The van der Waals surface area contributed by atoms with Crippen molar-refractivity contribution >= 4 is 0 Å². The van der Waals surface area contributed by atoms with Crippen LogP contribution in [0.25, 0.3) is 0 Å². The van der Waals surface area contributed by atoms with E-state index in [0.29, 0.717) is 6.04 Å². The second-order valence-electron chi connectivity index (χ2n) is 4.43. The summed E-state index contributed by atoms with van der Waals surface area (Å²) in [6, 6.07) is 0.674. The lowest BCUT2D eigenvalue weighted by molar-refractivity contribution is 0.0789. The molecule has 1 atom stereocenters. The summed E-state index contributed by atoms with van der Waals surface area (Å²) in [7, 11) is 0. The summed E-state index contributed by atoms with van der Waals surface area (Å²) >= 11 is 0. The van der Waals surface area contributed by atoms with Gasteiger partial charge in [-0.05, 0) is 26.3 Å². The van der Waals surface area contributed by atoms with Gasteiger partial charge in [0.15, 0.2) is 0 Å². The van der Waals surface area contributed by atoms with E-state index in [1.165, 1.54) is 12.8 Å². The quantitative estimate of drug-likeness (QED) is 0.535. The fraction of sp³-hybridized carbons (Fsp3) is 1.00. The lowest BCUT2D eigenvalue weighted by Crippen LogP contribution is -2.40. The standard InChI is InChI=1S/C12H26N2O2/c1-3-14(7-8-16-4-2)10-12(15)9-13-11-5-6-11/h11-13,15H,3-10H2,1-2H3. The first-order chi connectivity index (χ1) is 7.76. The van der Waals surface area contributed by atoms with E-state index in [9.17, 15) is 5.11 Å². The van der Waals surface area contributed by atoms with Crippen LogP contribution in [0, 0.1) is 0 Å². The molecule has 0 aromatic carbocycles. The molecule has 1 aliphatic carbocycles. The van der Waals surface area contributed by atoms with E-state index in [2.05, 4.69) is 17.1 Å². The molecule has 0 spiro atoms. The number of aliphatic hydroxyl groups excluding tert-OH is 1. The number of rotatable bonds is 10. The van der Waals surface area contributed by atoms with Crippen molar-refractivity contribution in [3.63, 3.8) is 0 Å². The molecule has 0 radical (unpaired) electrons. The smallest absolute Gasteiger partial charge is 0.0791 e. The molecule has 96 valence electrons. The third kappa shape index (κ3) is 6.43. The van der Waals surface area contributed by atoms with Gasteiger partial charge in [-0.25, -0.2) is 0 Å². The van der Waals surface area contributed by atoms with Gasteiger partial charge in [-0.2, -0.15) is 0 Å². The van der Waals surface area contributed by atoms with E-state index in [-0.39, 0.29) is 6.10 Å². The summed E-state index contributed by atoms with van der Waals surface area (Å²) in [5.41, 5.74) is 0. The van der Waals surface area contributed by atoms with Gasteiger partial charge in [0.1, 0.15) is 0 Å². The Balaban J connectivity index is 2.04. The van der Waals surface area contributed by atoms with Crippen molar-refractivity contribution in [2.24, 2.45) is 0 Å². The van der Waals surface area contributed by atoms with Crippen molar-refractivity contribution in [3.05, 3.63) is 0 Å². The zero-order valence-corrected chi connectivity index (χ0v) is 10.6. The van der Waals surface area contributed by atoms with E-state index in [4.69, 9.17) is 4.74 Å². The van der Waals surface area contributed by atoms with Crippen molar-refractivity contribution in [2.45, 2.75) is 38.8 Å². The van der Waals surface area contributed by atoms with Crippen molar-refractivity contribution < 1.29 is 9.84 Å². The number of likely N-dealkylation sites (N-methyl/N-ethyl adjacent to an activating group) is 1. The molecular weight excluding hydrogens is 204 g/mol. The lowest BCUT2D eigenvalue weighted by atomic mass is 10.3. The van der Waals surface area contributed by atoms with Crippen LogP contribution in [0.3, 0.4) is 0 Å². The average Bonchev–Trinajstić information content (AvgIpc) is 3.09. The minimum Gasteiger partial charge on any atom is -0.390 e. The number of ether oxygens (including phenoxy) is 1. The van der Waals surface area contributed by atoms with Gasteiger partial charge in [-0.3, -0.25) is 4.90 Å². The Kier molecular flexibility index (Phi) is 6.96. The maximum absolute atomic E-state index is 9.84. The van der Waals surface area contributed by atoms with Crippen LogP contribution in [-0.2, 0) is 4.74 Å². The van der Waals surface area contributed by atoms with E-state index >= 15 is 0 Å². The minimum absolute atomic E-state index is 0.262. The van der Waals surface area contributed by atoms with Crippen LogP contribution in [0.5, 0.6) is 0 Å². The highest BCUT2D eigenvalue weighted by molar-refractivity contribution is 4.82. The molecule has 0 amide bonds.